The quantitative estimate of drug-likeness (QED) is 0.870. The first kappa shape index (κ1) is 16.5. The van der Waals surface area contributed by atoms with Crippen molar-refractivity contribution in [2.75, 3.05) is 12.4 Å². The van der Waals surface area contributed by atoms with Crippen molar-refractivity contribution < 1.29 is 9.53 Å². The maximum absolute atomic E-state index is 12.0. The van der Waals surface area contributed by atoms with E-state index in [1.165, 1.54) is 0 Å². The number of hydrogen-bond acceptors (Lipinski definition) is 3. The van der Waals surface area contributed by atoms with E-state index in [2.05, 4.69) is 26.1 Å². The Bertz CT molecular complexity index is 464. The molecule has 0 fully saturated rings. The Morgan fingerprint density at radius 3 is 2.60 bits per heavy atom. The van der Waals surface area contributed by atoms with Crippen LogP contribution in [-0.4, -0.2) is 19.1 Å². The maximum Gasteiger partial charge on any atom is 0.226 e. The molecule has 4 nitrogen and oxygen atoms in total. The van der Waals surface area contributed by atoms with Gasteiger partial charge in [-0.2, -0.15) is 0 Å². The number of carbonyl (C=O) groups is 1. The van der Waals surface area contributed by atoms with Gasteiger partial charge >= 0.3 is 0 Å². The topological polar surface area (TPSA) is 64.3 Å². The van der Waals surface area contributed by atoms with Gasteiger partial charge in [0.05, 0.1) is 12.8 Å². The average molecular weight is 278 g/mol. The standard InChI is InChI=1S/C16H26N2O2/c1-11-6-7-13(14(8-11)20-5)18-15(19)9-12(17)10-16(2,3)4/h6-8,12H,9-10,17H2,1-5H3,(H,18,19). The number of rotatable bonds is 5. The summed E-state index contributed by atoms with van der Waals surface area (Å²) < 4.78 is 5.27. The zero-order valence-electron chi connectivity index (χ0n) is 13.1. The van der Waals surface area contributed by atoms with Gasteiger partial charge in [-0.05, 0) is 36.5 Å². The van der Waals surface area contributed by atoms with Gasteiger partial charge in [-0.1, -0.05) is 26.8 Å². The zero-order valence-corrected chi connectivity index (χ0v) is 13.1. The van der Waals surface area contributed by atoms with Gasteiger partial charge in [-0.3, -0.25) is 4.79 Å². The summed E-state index contributed by atoms with van der Waals surface area (Å²) in [6.07, 6.45) is 1.12. The van der Waals surface area contributed by atoms with Crippen LogP contribution in [0.1, 0.15) is 39.2 Å². The van der Waals surface area contributed by atoms with Crippen LogP contribution >= 0.6 is 0 Å². The largest absolute Gasteiger partial charge is 0.495 e. The van der Waals surface area contributed by atoms with Gasteiger partial charge in [0, 0.05) is 12.5 Å². The van der Waals surface area contributed by atoms with E-state index < -0.39 is 0 Å². The number of amides is 1. The molecule has 0 heterocycles. The highest BCUT2D eigenvalue weighted by molar-refractivity contribution is 5.92. The predicted molar refractivity (Wildman–Crippen MR) is 83.0 cm³/mol. The van der Waals surface area contributed by atoms with Crippen LogP contribution in [0, 0.1) is 12.3 Å². The van der Waals surface area contributed by atoms with Crippen molar-refractivity contribution in [3.8, 4) is 5.75 Å². The van der Waals surface area contributed by atoms with Crippen LogP contribution in [0.5, 0.6) is 5.75 Å². The minimum absolute atomic E-state index is 0.0797. The highest BCUT2D eigenvalue weighted by Gasteiger charge is 2.18. The fourth-order valence-corrected chi connectivity index (χ4v) is 2.20. The first-order chi connectivity index (χ1) is 9.21. The third-order valence-electron chi connectivity index (χ3n) is 2.95. The molecule has 0 saturated heterocycles. The van der Waals surface area contributed by atoms with Crippen LogP contribution < -0.4 is 15.8 Å². The van der Waals surface area contributed by atoms with E-state index >= 15 is 0 Å². The number of hydrogen-bond donors (Lipinski definition) is 2. The molecule has 0 bridgehead atoms. The SMILES string of the molecule is COc1cc(C)ccc1NC(=O)CC(N)CC(C)(C)C. The first-order valence-corrected chi connectivity index (χ1v) is 6.91. The molecule has 1 unspecified atom stereocenters. The molecule has 0 aliphatic carbocycles. The monoisotopic (exact) mass is 278 g/mol. The Kier molecular flexibility index (Phi) is 5.57. The number of nitrogens with two attached hydrogens (primary N) is 1. The lowest BCUT2D eigenvalue weighted by atomic mass is 9.87. The van der Waals surface area contributed by atoms with Gasteiger partial charge < -0.3 is 15.8 Å². The number of carbonyl (C=O) groups excluding carboxylic acids is 1. The predicted octanol–water partition coefficient (Wildman–Crippen LogP) is 3.10. The number of nitrogens with one attached hydrogen (secondary N) is 1. The van der Waals surface area contributed by atoms with E-state index in [9.17, 15) is 4.79 Å². The Morgan fingerprint density at radius 1 is 1.40 bits per heavy atom. The van der Waals surface area contributed by atoms with E-state index in [1.54, 1.807) is 7.11 Å². The number of anilines is 1. The summed E-state index contributed by atoms with van der Waals surface area (Å²) >= 11 is 0. The second kappa shape index (κ2) is 6.75. The maximum atomic E-state index is 12.0. The van der Waals surface area contributed by atoms with Gasteiger partial charge in [-0.15, -0.1) is 0 Å². The highest BCUT2D eigenvalue weighted by Crippen LogP contribution is 2.26. The second-order valence-electron chi connectivity index (χ2n) is 6.48. The minimum atomic E-state index is -0.133. The van der Waals surface area contributed by atoms with Crippen molar-refractivity contribution >= 4 is 11.6 Å². The van der Waals surface area contributed by atoms with Crippen molar-refractivity contribution in [3.63, 3.8) is 0 Å². The molecule has 1 aromatic carbocycles. The fourth-order valence-electron chi connectivity index (χ4n) is 2.20. The van der Waals surface area contributed by atoms with Gasteiger partial charge in [-0.25, -0.2) is 0 Å². The summed E-state index contributed by atoms with van der Waals surface area (Å²) in [5.41, 5.74) is 7.92. The third-order valence-corrected chi connectivity index (χ3v) is 2.95. The lowest BCUT2D eigenvalue weighted by Crippen LogP contribution is -2.31. The third kappa shape index (κ3) is 5.61. The Morgan fingerprint density at radius 2 is 2.05 bits per heavy atom. The number of benzene rings is 1. The molecule has 1 rings (SSSR count). The molecule has 4 heteroatoms. The molecule has 1 atom stereocenters. The average Bonchev–Trinajstić information content (AvgIpc) is 2.28. The fraction of sp³-hybridized carbons (Fsp3) is 0.562. The molecule has 112 valence electrons. The summed E-state index contributed by atoms with van der Waals surface area (Å²) in [4.78, 5) is 12.0. The van der Waals surface area contributed by atoms with Gasteiger partial charge in [0.25, 0.3) is 0 Å². The molecule has 1 aromatic rings. The number of methoxy groups -OCH3 is 1. The molecule has 20 heavy (non-hydrogen) atoms. The van der Waals surface area contributed by atoms with E-state index in [0.29, 0.717) is 17.9 Å². The lowest BCUT2D eigenvalue weighted by molar-refractivity contribution is -0.116. The molecule has 0 radical (unpaired) electrons. The van der Waals surface area contributed by atoms with Crippen molar-refractivity contribution in [3.05, 3.63) is 23.8 Å². The smallest absolute Gasteiger partial charge is 0.226 e. The molecule has 3 N–H and O–H groups in total. The highest BCUT2D eigenvalue weighted by atomic mass is 16.5. The molecule has 0 aliphatic heterocycles. The molecule has 0 saturated carbocycles. The van der Waals surface area contributed by atoms with Crippen molar-refractivity contribution in [1.29, 1.82) is 0 Å². The molecule has 0 spiro atoms. The van der Waals surface area contributed by atoms with Crippen LogP contribution in [0.2, 0.25) is 0 Å². The summed E-state index contributed by atoms with van der Waals surface area (Å²) in [6, 6.07) is 5.55. The molecule has 0 aliphatic rings. The van der Waals surface area contributed by atoms with Crippen LogP contribution in [-0.2, 0) is 4.79 Å². The second-order valence-corrected chi connectivity index (χ2v) is 6.48. The van der Waals surface area contributed by atoms with E-state index in [-0.39, 0.29) is 17.4 Å². The molecule has 0 aromatic heterocycles. The van der Waals surface area contributed by atoms with E-state index in [1.807, 2.05) is 25.1 Å². The summed E-state index contributed by atoms with van der Waals surface area (Å²) in [6.45, 7) is 8.34. The molecular weight excluding hydrogens is 252 g/mol. The van der Waals surface area contributed by atoms with Crippen LogP contribution in [0.3, 0.4) is 0 Å². The van der Waals surface area contributed by atoms with Crippen LogP contribution in [0.25, 0.3) is 0 Å². The molecule has 1 amide bonds. The Labute approximate surface area is 121 Å². The Balaban J connectivity index is 2.63. The van der Waals surface area contributed by atoms with Gasteiger partial charge in [0.1, 0.15) is 5.75 Å². The van der Waals surface area contributed by atoms with Crippen molar-refractivity contribution in [1.82, 2.24) is 0 Å². The Hall–Kier alpha value is -1.55. The van der Waals surface area contributed by atoms with Crippen LogP contribution in [0.15, 0.2) is 18.2 Å². The van der Waals surface area contributed by atoms with Crippen LogP contribution in [0.4, 0.5) is 5.69 Å². The van der Waals surface area contributed by atoms with E-state index in [0.717, 1.165) is 12.0 Å². The van der Waals surface area contributed by atoms with Gasteiger partial charge in [0.15, 0.2) is 0 Å². The number of aryl methyl sites for hydroxylation is 1. The lowest BCUT2D eigenvalue weighted by Gasteiger charge is -2.22. The summed E-state index contributed by atoms with van der Waals surface area (Å²) in [5, 5.41) is 2.86. The molecular formula is C16H26N2O2. The zero-order chi connectivity index (χ0) is 15.3. The summed E-state index contributed by atoms with van der Waals surface area (Å²) in [7, 11) is 1.59. The summed E-state index contributed by atoms with van der Waals surface area (Å²) in [5.74, 6) is 0.589. The minimum Gasteiger partial charge on any atom is -0.495 e. The number of ether oxygens (including phenoxy) is 1. The van der Waals surface area contributed by atoms with Crippen molar-refractivity contribution in [2.45, 2.75) is 46.6 Å². The van der Waals surface area contributed by atoms with Gasteiger partial charge in [0.2, 0.25) is 5.91 Å². The first-order valence-electron chi connectivity index (χ1n) is 6.91. The van der Waals surface area contributed by atoms with Crippen molar-refractivity contribution in [2.24, 2.45) is 11.1 Å². The van der Waals surface area contributed by atoms with E-state index in [4.69, 9.17) is 10.5 Å². The normalized spacial score (nSPS) is 12.9.